The summed E-state index contributed by atoms with van der Waals surface area (Å²) >= 11 is 2.24. The van der Waals surface area contributed by atoms with Crippen LogP contribution in [0.5, 0.6) is 0 Å². The molecule has 5 heteroatoms. The highest BCUT2D eigenvalue weighted by Crippen LogP contribution is 2.18. The second-order valence-electron chi connectivity index (χ2n) is 5.02. The summed E-state index contributed by atoms with van der Waals surface area (Å²) in [5.41, 5.74) is 3.39. The molecule has 0 aromatic heterocycles. The minimum absolute atomic E-state index is 0.0731. The summed E-state index contributed by atoms with van der Waals surface area (Å²) in [6.07, 6.45) is 0. The number of carbonyl (C=O) groups excluding carboxylic acids is 2. The molecular formula is C17H17IN2O2. The van der Waals surface area contributed by atoms with E-state index >= 15 is 0 Å². The lowest BCUT2D eigenvalue weighted by atomic mass is 10.1. The van der Waals surface area contributed by atoms with Crippen LogP contribution in [0.1, 0.15) is 28.4 Å². The van der Waals surface area contributed by atoms with Gasteiger partial charge in [-0.2, -0.15) is 0 Å². The summed E-state index contributed by atoms with van der Waals surface area (Å²) in [6.45, 7) is 3.91. The lowest BCUT2D eigenvalue weighted by molar-refractivity contribution is -0.119. The molecule has 22 heavy (non-hydrogen) atoms. The van der Waals surface area contributed by atoms with Gasteiger partial charge in [0.05, 0.1) is 0 Å². The van der Waals surface area contributed by atoms with Gasteiger partial charge in [0.15, 0.2) is 0 Å². The van der Waals surface area contributed by atoms with Gasteiger partial charge in [0.1, 0.15) is 0 Å². The predicted molar refractivity (Wildman–Crippen MR) is 95.8 cm³/mol. The lowest BCUT2D eigenvalue weighted by Gasteiger charge is -2.09. The van der Waals surface area contributed by atoms with E-state index in [1.165, 1.54) is 6.92 Å². The maximum atomic E-state index is 12.2. The van der Waals surface area contributed by atoms with Gasteiger partial charge < -0.3 is 10.6 Å². The first kappa shape index (κ1) is 16.5. The van der Waals surface area contributed by atoms with Crippen LogP contribution in [0.25, 0.3) is 0 Å². The van der Waals surface area contributed by atoms with Crippen molar-refractivity contribution in [2.24, 2.45) is 0 Å². The predicted octanol–water partition coefficient (Wildman–Crippen LogP) is 3.49. The number of rotatable bonds is 4. The molecule has 0 aliphatic rings. The van der Waals surface area contributed by atoms with Crippen LogP contribution in [-0.2, 0) is 11.3 Å². The fourth-order valence-corrected chi connectivity index (χ4v) is 2.61. The van der Waals surface area contributed by atoms with Crippen molar-refractivity contribution in [3.8, 4) is 0 Å². The average molecular weight is 408 g/mol. The minimum atomic E-state index is -0.143. The Morgan fingerprint density at radius 2 is 1.77 bits per heavy atom. The summed E-state index contributed by atoms with van der Waals surface area (Å²) in [6, 6.07) is 13.1. The van der Waals surface area contributed by atoms with E-state index in [1.54, 1.807) is 12.1 Å². The molecule has 4 nitrogen and oxygen atoms in total. The van der Waals surface area contributed by atoms with Gasteiger partial charge >= 0.3 is 0 Å². The molecule has 0 saturated carbocycles. The highest BCUT2D eigenvalue weighted by atomic mass is 127. The van der Waals surface area contributed by atoms with E-state index < -0.39 is 0 Å². The van der Waals surface area contributed by atoms with Crippen LogP contribution in [0.4, 0.5) is 5.69 Å². The number of halogens is 1. The van der Waals surface area contributed by atoms with Crippen molar-refractivity contribution in [1.29, 1.82) is 0 Å². The average Bonchev–Trinajstić information content (AvgIpc) is 2.48. The van der Waals surface area contributed by atoms with Crippen molar-refractivity contribution in [2.45, 2.75) is 20.4 Å². The zero-order valence-electron chi connectivity index (χ0n) is 12.4. The number of amides is 2. The maximum absolute atomic E-state index is 12.2. The smallest absolute Gasteiger partial charge is 0.255 e. The van der Waals surface area contributed by atoms with E-state index in [1.807, 2.05) is 37.3 Å². The molecule has 114 valence electrons. The highest BCUT2D eigenvalue weighted by Gasteiger charge is 2.08. The molecule has 0 aliphatic carbocycles. The van der Waals surface area contributed by atoms with Crippen LogP contribution in [0.3, 0.4) is 0 Å². The maximum Gasteiger partial charge on any atom is 0.255 e. The van der Waals surface area contributed by atoms with Crippen LogP contribution < -0.4 is 10.6 Å². The first-order valence-electron chi connectivity index (χ1n) is 6.86. The number of benzene rings is 2. The van der Waals surface area contributed by atoms with Crippen molar-refractivity contribution in [3.05, 3.63) is 62.7 Å². The Kier molecular flexibility index (Phi) is 5.54. The zero-order chi connectivity index (χ0) is 16.1. The van der Waals surface area contributed by atoms with Crippen molar-refractivity contribution in [3.63, 3.8) is 0 Å². The molecule has 0 bridgehead atoms. The quantitative estimate of drug-likeness (QED) is 0.762. The summed E-state index contributed by atoms with van der Waals surface area (Å²) in [7, 11) is 0. The van der Waals surface area contributed by atoms with Gasteiger partial charge in [-0.3, -0.25) is 9.59 Å². The summed E-state index contributed by atoms with van der Waals surface area (Å²) in [5, 5.41) is 5.63. The van der Waals surface area contributed by atoms with Gasteiger partial charge in [0, 0.05) is 28.3 Å². The molecule has 0 unspecified atom stereocenters. The number of anilines is 1. The van der Waals surface area contributed by atoms with E-state index in [0.29, 0.717) is 12.1 Å². The lowest BCUT2D eigenvalue weighted by Crippen LogP contribution is -2.19. The minimum Gasteiger partial charge on any atom is -0.352 e. The van der Waals surface area contributed by atoms with Crippen molar-refractivity contribution >= 4 is 40.1 Å². The molecule has 2 aromatic rings. The molecule has 0 heterocycles. The topological polar surface area (TPSA) is 58.2 Å². The SMILES string of the molecule is CC(=O)NCc1ccc(C(=O)Nc2ccc(I)cc2C)cc1. The highest BCUT2D eigenvalue weighted by molar-refractivity contribution is 14.1. The van der Waals surface area contributed by atoms with E-state index in [2.05, 4.69) is 33.2 Å². The Morgan fingerprint density at radius 3 is 2.36 bits per heavy atom. The van der Waals surface area contributed by atoms with Crippen LogP contribution in [0, 0.1) is 10.5 Å². The number of nitrogens with one attached hydrogen (secondary N) is 2. The molecule has 0 aliphatic heterocycles. The Labute approximate surface area is 143 Å². The third-order valence-corrected chi connectivity index (χ3v) is 3.87. The van der Waals surface area contributed by atoms with Crippen LogP contribution in [0.15, 0.2) is 42.5 Å². The largest absolute Gasteiger partial charge is 0.352 e. The number of aryl methyl sites for hydroxylation is 1. The molecule has 0 spiro atoms. The molecule has 0 radical (unpaired) electrons. The first-order valence-corrected chi connectivity index (χ1v) is 7.94. The summed E-state index contributed by atoms with van der Waals surface area (Å²) in [5.74, 6) is -0.216. The third-order valence-electron chi connectivity index (χ3n) is 3.19. The van der Waals surface area contributed by atoms with Gasteiger partial charge in [-0.05, 0) is 71.0 Å². The number of carbonyl (C=O) groups is 2. The van der Waals surface area contributed by atoms with E-state index in [0.717, 1.165) is 20.4 Å². The fourth-order valence-electron chi connectivity index (χ4n) is 1.96. The van der Waals surface area contributed by atoms with E-state index in [-0.39, 0.29) is 11.8 Å². The second-order valence-corrected chi connectivity index (χ2v) is 6.27. The van der Waals surface area contributed by atoms with E-state index in [4.69, 9.17) is 0 Å². The molecule has 2 aromatic carbocycles. The van der Waals surface area contributed by atoms with Crippen molar-refractivity contribution < 1.29 is 9.59 Å². The zero-order valence-corrected chi connectivity index (χ0v) is 14.6. The number of hydrogen-bond acceptors (Lipinski definition) is 2. The van der Waals surface area contributed by atoms with Gasteiger partial charge in [-0.25, -0.2) is 0 Å². The van der Waals surface area contributed by atoms with Crippen LogP contribution in [0.2, 0.25) is 0 Å². The van der Waals surface area contributed by atoms with E-state index in [9.17, 15) is 9.59 Å². The summed E-state index contributed by atoms with van der Waals surface area (Å²) in [4.78, 5) is 23.1. The van der Waals surface area contributed by atoms with Crippen LogP contribution in [-0.4, -0.2) is 11.8 Å². The molecule has 2 rings (SSSR count). The van der Waals surface area contributed by atoms with Crippen LogP contribution >= 0.6 is 22.6 Å². The van der Waals surface area contributed by atoms with Gasteiger partial charge in [-0.1, -0.05) is 12.1 Å². The molecule has 0 saturated heterocycles. The van der Waals surface area contributed by atoms with Crippen molar-refractivity contribution in [2.75, 3.05) is 5.32 Å². The molecule has 0 fully saturated rings. The Bertz CT molecular complexity index is 696. The second kappa shape index (κ2) is 7.40. The Balaban J connectivity index is 2.04. The Morgan fingerprint density at radius 1 is 1.09 bits per heavy atom. The van der Waals surface area contributed by atoms with Crippen molar-refractivity contribution in [1.82, 2.24) is 5.32 Å². The van der Waals surface area contributed by atoms with Gasteiger partial charge in [-0.15, -0.1) is 0 Å². The molecule has 2 N–H and O–H groups in total. The van der Waals surface area contributed by atoms with Gasteiger partial charge in [0.2, 0.25) is 5.91 Å². The third kappa shape index (κ3) is 4.56. The first-order chi connectivity index (χ1) is 10.5. The monoisotopic (exact) mass is 408 g/mol. The normalized spacial score (nSPS) is 10.1. The molecular weight excluding hydrogens is 391 g/mol. The Hall–Kier alpha value is -1.89. The molecule has 2 amide bonds. The fraction of sp³-hybridized carbons (Fsp3) is 0.176. The number of hydrogen-bond donors (Lipinski definition) is 2. The molecule has 0 atom stereocenters. The standard InChI is InChI=1S/C17H17IN2O2/c1-11-9-15(18)7-8-16(11)20-17(22)14-5-3-13(4-6-14)10-19-12(2)21/h3-9H,10H2,1-2H3,(H,19,21)(H,20,22). The summed E-state index contributed by atoms with van der Waals surface area (Å²) < 4.78 is 1.13. The van der Waals surface area contributed by atoms with Gasteiger partial charge in [0.25, 0.3) is 5.91 Å².